The van der Waals surface area contributed by atoms with Crippen LogP contribution in [0.1, 0.15) is 18.1 Å². The Kier molecular flexibility index (Phi) is 7.63. The van der Waals surface area contributed by atoms with Crippen LogP contribution in [0.4, 0.5) is 0 Å². The van der Waals surface area contributed by atoms with Gasteiger partial charge >= 0.3 is 0 Å². The van der Waals surface area contributed by atoms with Gasteiger partial charge in [-0.3, -0.25) is 9.59 Å². The molecular formula is C20H23ClN2O3. The summed E-state index contributed by atoms with van der Waals surface area (Å²) in [5, 5.41) is 12.1. The first-order valence-corrected chi connectivity index (χ1v) is 8.85. The molecule has 2 amide bonds. The monoisotopic (exact) mass is 374 g/mol. The smallest absolute Gasteiger partial charge is 0.242 e. The maximum atomic E-state index is 12.9. The minimum absolute atomic E-state index is 0.143. The number of amides is 2. The Morgan fingerprint density at radius 1 is 1.08 bits per heavy atom. The average molecular weight is 375 g/mol. The highest BCUT2D eigenvalue weighted by Crippen LogP contribution is 2.14. The summed E-state index contributed by atoms with van der Waals surface area (Å²) in [6.45, 7) is 2.04. The van der Waals surface area contributed by atoms with Gasteiger partial charge in [0.1, 0.15) is 6.04 Å². The summed E-state index contributed by atoms with van der Waals surface area (Å²) < 4.78 is 0. The third kappa shape index (κ3) is 5.86. The number of carbonyl (C=O) groups excluding carboxylic acids is 2. The molecule has 0 heterocycles. The van der Waals surface area contributed by atoms with Gasteiger partial charge in [-0.25, -0.2) is 0 Å². The Hall–Kier alpha value is -2.37. The van der Waals surface area contributed by atoms with E-state index in [0.29, 0.717) is 11.6 Å². The molecule has 6 heteroatoms. The summed E-state index contributed by atoms with van der Waals surface area (Å²) in [4.78, 5) is 26.7. The van der Waals surface area contributed by atoms with Gasteiger partial charge in [-0.2, -0.15) is 0 Å². The van der Waals surface area contributed by atoms with E-state index in [4.69, 9.17) is 16.7 Å². The summed E-state index contributed by atoms with van der Waals surface area (Å²) in [7, 11) is 0. The molecule has 5 nitrogen and oxygen atoms in total. The maximum absolute atomic E-state index is 12.9. The van der Waals surface area contributed by atoms with Crippen LogP contribution in [0.25, 0.3) is 0 Å². The summed E-state index contributed by atoms with van der Waals surface area (Å²) in [6, 6.07) is 16.0. The molecule has 1 unspecified atom stereocenters. The van der Waals surface area contributed by atoms with Gasteiger partial charge in [0.25, 0.3) is 0 Å². The summed E-state index contributed by atoms with van der Waals surface area (Å²) in [5.41, 5.74) is 1.78. The van der Waals surface area contributed by atoms with Crippen molar-refractivity contribution in [2.45, 2.75) is 25.9 Å². The molecule has 0 radical (unpaired) electrons. The first-order valence-electron chi connectivity index (χ1n) is 8.47. The van der Waals surface area contributed by atoms with Crippen LogP contribution in [-0.2, 0) is 22.6 Å². The molecule has 0 aromatic heterocycles. The predicted octanol–water partition coefficient (Wildman–Crippen LogP) is 2.41. The number of rotatable bonds is 8. The lowest BCUT2D eigenvalue weighted by atomic mass is 10.1. The Labute approximate surface area is 158 Å². The third-order valence-electron chi connectivity index (χ3n) is 4.04. The maximum Gasteiger partial charge on any atom is 0.242 e. The van der Waals surface area contributed by atoms with Crippen molar-refractivity contribution in [3.63, 3.8) is 0 Å². The van der Waals surface area contributed by atoms with Crippen LogP contribution < -0.4 is 5.32 Å². The van der Waals surface area contributed by atoms with E-state index in [2.05, 4.69) is 5.32 Å². The van der Waals surface area contributed by atoms with Crippen molar-refractivity contribution in [1.29, 1.82) is 0 Å². The number of nitrogens with one attached hydrogen (secondary N) is 1. The molecule has 26 heavy (non-hydrogen) atoms. The first kappa shape index (κ1) is 19.9. The van der Waals surface area contributed by atoms with Crippen molar-refractivity contribution in [3.05, 3.63) is 70.7 Å². The normalized spacial score (nSPS) is 11.7. The molecule has 2 aromatic carbocycles. The minimum Gasteiger partial charge on any atom is -0.395 e. The molecule has 0 saturated carbocycles. The van der Waals surface area contributed by atoms with Gasteiger partial charge in [-0.1, -0.05) is 54.1 Å². The van der Waals surface area contributed by atoms with Crippen LogP contribution in [0.15, 0.2) is 54.6 Å². The molecule has 0 aliphatic rings. The quantitative estimate of drug-likeness (QED) is 0.745. The van der Waals surface area contributed by atoms with E-state index in [1.165, 1.54) is 0 Å². The molecule has 0 aliphatic carbocycles. The van der Waals surface area contributed by atoms with E-state index in [0.717, 1.165) is 11.1 Å². The van der Waals surface area contributed by atoms with Gasteiger partial charge in [-0.15, -0.1) is 0 Å². The van der Waals surface area contributed by atoms with Gasteiger partial charge in [0.2, 0.25) is 11.8 Å². The van der Waals surface area contributed by atoms with Crippen LogP contribution in [0.5, 0.6) is 0 Å². The Morgan fingerprint density at radius 3 is 2.35 bits per heavy atom. The predicted molar refractivity (Wildman–Crippen MR) is 102 cm³/mol. The molecule has 2 rings (SSSR count). The number of benzene rings is 2. The molecule has 0 bridgehead atoms. The van der Waals surface area contributed by atoms with E-state index < -0.39 is 6.04 Å². The van der Waals surface area contributed by atoms with Crippen LogP contribution in [0.2, 0.25) is 5.02 Å². The number of aliphatic hydroxyl groups is 1. The minimum atomic E-state index is -0.651. The molecule has 2 N–H and O–H groups in total. The number of nitrogens with zero attached hydrogens (tertiary/aromatic N) is 1. The fourth-order valence-electron chi connectivity index (χ4n) is 2.57. The third-order valence-corrected chi connectivity index (χ3v) is 4.29. The van der Waals surface area contributed by atoms with Crippen molar-refractivity contribution < 1.29 is 14.7 Å². The zero-order valence-corrected chi connectivity index (χ0v) is 15.4. The van der Waals surface area contributed by atoms with Crippen LogP contribution in [0, 0.1) is 0 Å². The van der Waals surface area contributed by atoms with Crippen molar-refractivity contribution in [2.75, 3.05) is 13.2 Å². The second-order valence-electron chi connectivity index (χ2n) is 6.00. The Bertz CT molecular complexity index is 720. The van der Waals surface area contributed by atoms with Gasteiger partial charge in [0, 0.05) is 18.1 Å². The largest absolute Gasteiger partial charge is 0.395 e. The van der Waals surface area contributed by atoms with E-state index in [1.807, 2.05) is 30.3 Å². The number of halogens is 1. The number of aliphatic hydroxyl groups excluding tert-OH is 1. The van der Waals surface area contributed by atoms with Gasteiger partial charge in [-0.05, 0) is 30.2 Å². The number of hydrogen-bond acceptors (Lipinski definition) is 3. The van der Waals surface area contributed by atoms with Gasteiger partial charge < -0.3 is 15.3 Å². The highest BCUT2D eigenvalue weighted by molar-refractivity contribution is 6.30. The standard InChI is InChI=1S/C20H23ClN2O3/c1-15(20(26)22-11-12-24)23(14-17-5-3-2-4-6-17)19(25)13-16-7-9-18(21)10-8-16/h2-10,15,24H,11-14H2,1H3,(H,22,26). The van der Waals surface area contributed by atoms with E-state index in [1.54, 1.807) is 36.1 Å². The zero-order chi connectivity index (χ0) is 18.9. The second kappa shape index (κ2) is 9.94. The van der Waals surface area contributed by atoms with Crippen LogP contribution in [0.3, 0.4) is 0 Å². The van der Waals surface area contributed by atoms with Gasteiger partial charge in [0.15, 0.2) is 0 Å². The Balaban J connectivity index is 2.16. The number of carbonyl (C=O) groups is 2. The molecule has 0 fully saturated rings. The van der Waals surface area contributed by atoms with E-state index in [9.17, 15) is 9.59 Å². The highest BCUT2D eigenvalue weighted by atomic mass is 35.5. The lowest BCUT2D eigenvalue weighted by Crippen LogP contribution is -2.48. The zero-order valence-electron chi connectivity index (χ0n) is 14.7. The fourth-order valence-corrected chi connectivity index (χ4v) is 2.69. The van der Waals surface area contributed by atoms with Gasteiger partial charge in [0.05, 0.1) is 13.0 Å². The SMILES string of the molecule is CC(C(=O)NCCO)N(Cc1ccccc1)C(=O)Cc1ccc(Cl)cc1. The fraction of sp³-hybridized carbons (Fsp3) is 0.300. The first-order chi connectivity index (χ1) is 12.5. The van der Waals surface area contributed by atoms with Crippen molar-refractivity contribution in [2.24, 2.45) is 0 Å². The van der Waals surface area contributed by atoms with Crippen LogP contribution in [-0.4, -0.2) is 41.0 Å². The lowest BCUT2D eigenvalue weighted by Gasteiger charge is -2.29. The van der Waals surface area contributed by atoms with Crippen molar-refractivity contribution in [3.8, 4) is 0 Å². The second-order valence-corrected chi connectivity index (χ2v) is 6.44. The molecule has 1 atom stereocenters. The summed E-state index contributed by atoms with van der Waals surface area (Å²) >= 11 is 5.89. The molecule has 0 saturated heterocycles. The molecular weight excluding hydrogens is 352 g/mol. The van der Waals surface area contributed by atoms with E-state index in [-0.39, 0.29) is 31.4 Å². The molecule has 0 spiro atoms. The molecule has 2 aromatic rings. The molecule has 138 valence electrons. The topological polar surface area (TPSA) is 69.6 Å². The highest BCUT2D eigenvalue weighted by Gasteiger charge is 2.25. The molecule has 0 aliphatic heterocycles. The summed E-state index contributed by atoms with van der Waals surface area (Å²) in [5.74, 6) is -0.442. The lowest BCUT2D eigenvalue weighted by molar-refractivity contribution is -0.140. The Morgan fingerprint density at radius 2 is 1.73 bits per heavy atom. The van der Waals surface area contributed by atoms with Crippen molar-refractivity contribution >= 4 is 23.4 Å². The summed E-state index contributed by atoms with van der Waals surface area (Å²) in [6.07, 6.45) is 0.182. The number of hydrogen-bond donors (Lipinski definition) is 2. The van der Waals surface area contributed by atoms with E-state index >= 15 is 0 Å². The van der Waals surface area contributed by atoms with Crippen molar-refractivity contribution in [1.82, 2.24) is 10.2 Å². The average Bonchev–Trinajstić information content (AvgIpc) is 2.66. The van der Waals surface area contributed by atoms with Crippen LogP contribution >= 0.6 is 11.6 Å².